The van der Waals surface area contributed by atoms with Gasteiger partial charge < -0.3 is 4.74 Å². The number of rotatable bonds is 5. The number of aromatic nitrogens is 1. The average molecular weight is 245 g/mol. The van der Waals surface area contributed by atoms with Crippen LogP contribution in [0.2, 0.25) is 0 Å². The van der Waals surface area contributed by atoms with E-state index >= 15 is 0 Å². The molecular weight excluding hydrogens is 230 g/mol. The Morgan fingerprint density at radius 3 is 3.00 bits per heavy atom. The molecule has 0 saturated carbocycles. The molecule has 0 aromatic carbocycles. The van der Waals surface area contributed by atoms with Gasteiger partial charge in [-0.3, -0.25) is 4.79 Å². The summed E-state index contributed by atoms with van der Waals surface area (Å²) in [5, 5.41) is 3.43. The zero-order valence-electron chi connectivity index (χ0n) is 9.15. The van der Waals surface area contributed by atoms with Gasteiger partial charge in [0.25, 0.3) is 0 Å². The van der Waals surface area contributed by atoms with Gasteiger partial charge >= 0.3 is 5.97 Å². The van der Waals surface area contributed by atoms with Crippen LogP contribution >= 0.6 is 23.1 Å². The summed E-state index contributed by atoms with van der Waals surface area (Å²) in [6.07, 6.45) is 0.463. The van der Waals surface area contributed by atoms with Crippen molar-refractivity contribution in [3.63, 3.8) is 0 Å². The lowest BCUT2D eigenvalue weighted by Crippen LogP contribution is -2.08. The summed E-state index contributed by atoms with van der Waals surface area (Å²) in [7, 11) is 1.42. The van der Waals surface area contributed by atoms with Gasteiger partial charge in [0.2, 0.25) is 0 Å². The van der Waals surface area contributed by atoms with Gasteiger partial charge in [-0.25, -0.2) is 4.98 Å². The molecule has 84 valence electrons. The van der Waals surface area contributed by atoms with Crippen LogP contribution in [0.1, 0.15) is 24.0 Å². The Morgan fingerprint density at radius 1 is 1.73 bits per heavy atom. The molecule has 0 spiro atoms. The highest BCUT2D eigenvalue weighted by Gasteiger charge is 2.10. The van der Waals surface area contributed by atoms with Crippen molar-refractivity contribution in [3.8, 4) is 0 Å². The summed E-state index contributed by atoms with van der Waals surface area (Å²) in [6.45, 7) is 4.03. The van der Waals surface area contributed by atoms with Gasteiger partial charge in [-0.1, -0.05) is 6.92 Å². The van der Waals surface area contributed by atoms with E-state index in [2.05, 4.69) is 15.1 Å². The normalized spacial score (nSPS) is 12.5. The zero-order valence-corrected chi connectivity index (χ0v) is 10.8. The van der Waals surface area contributed by atoms with Crippen molar-refractivity contribution in [2.75, 3.05) is 7.11 Å². The third-order valence-electron chi connectivity index (χ3n) is 1.86. The Balaban J connectivity index is 2.28. The van der Waals surface area contributed by atoms with Gasteiger partial charge in [-0.15, -0.1) is 11.3 Å². The molecule has 0 aliphatic rings. The molecule has 0 bridgehead atoms. The number of carbonyl (C=O) groups excluding carboxylic acids is 1. The topological polar surface area (TPSA) is 39.2 Å². The molecule has 1 atom stereocenters. The Kier molecular flexibility index (Phi) is 5.11. The van der Waals surface area contributed by atoms with Gasteiger partial charge in [0, 0.05) is 16.4 Å². The smallest absolute Gasteiger partial charge is 0.306 e. The second-order valence-electron chi connectivity index (χ2n) is 3.26. The Morgan fingerprint density at radius 2 is 2.47 bits per heavy atom. The average Bonchev–Trinajstić information content (AvgIpc) is 2.61. The quantitative estimate of drug-likeness (QED) is 0.748. The fraction of sp³-hybridized carbons (Fsp3) is 0.600. The first-order chi connectivity index (χ1) is 7.11. The number of thiazole rings is 1. The molecule has 1 heterocycles. The third kappa shape index (κ3) is 4.66. The summed E-state index contributed by atoms with van der Waals surface area (Å²) in [5.74, 6) is 0.715. The molecule has 1 unspecified atom stereocenters. The van der Waals surface area contributed by atoms with Crippen LogP contribution in [0.5, 0.6) is 0 Å². The molecule has 1 aromatic heterocycles. The Labute approximate surface area is 98.2 Å². The number of thioether (sulfide) groups is 1. The minimum atomic E-state index is -0.149. The molecule has 0 fully saturated rings. The molecule has 5 heteroatoms. The van der Waals surface area contributed by atoms with Crippen molar-refractivity contribution in [2.24, 2.45) is 0 Å². The van der Waals surface area contributed by atoms with Crippen molar-refractivity contribution in [1.29, 1.82) is 0 Å². The van der Waals surface area contributed by atoms with E-state index in [1.807, 2.05) is 13.8 Å². The molecule has 3 nitrogen and oxygen atoms in total. The van der Waals surface area contributed by atoms with Gasteiger partial charge in [-0.2, -0.15) is 11.8 Å². The minimum absolute atomic E-state index is 0.149. The number of methoxy groups -OCH3 is 1. The van der Waals surface area contributed by atoms with Crippen LogP contribution in [-0.4, -0.2) is 23.3 Å². The van der Waals surface area contributed by atoms with Crippen LogP contribution < -0.4 is 0 Å². The standard InChI is InChI=1S/C10H15NO2S2/c1-7(4-10(12)13-3)14-5-9-6-15-8(2)11-9/h6-7H,4-5H2,1-3H3. The van der Waals surface area contributed by atoms with Crippen LogP contribution in [0, 0.1) is 6.92 Å². The lowest BCUT2D eigenvalue weighted by atomic mass is 10.3. The van der Waals surface area contributed by atoms with E-state index in [4.69, 9.17) is 0 Å². The summed E-state index contributed by atoms with van der Waals surface area (Å²) in [6, 6.07) is 0. The van der Waals surface area contributed by atoms with E-state index in [0.717, 1.165) is 16.5 Å². The van der Waals surface area contributed by atoms with E-state index in [-0.39, 0.29) is 11.2 Å². The highest BCUT2D eigenvalue weighted by atomic mass is 32.2. The number of esters is 1. The minimum Gasteiger partial charge on any atom is -0.469 e. The Hall–Kier alpha value is -0.550. The molecule has 1 rings (SSSR count). The van der Waals surface area contributed by atoms with Crippen LogP contribution in [0.15, 0.2) is 5.38 Å². The monoisotopic (exact) mass is 245 g/mol. The molecule has 0 radical (unpaired) electrons. The largest absolute Gasteiger partial charge is 0.469 e. The third-order valence-corrected chi connectivity index (χ3v) is 3.88. The molecule has 0 amide bonds. The zero-order chi connectivity index (χ0) is 11.3. The maximum absolute atomic E-state index is 11.0. The number of nitrogens with zero attached hydrogens (tertiary/aromatic N) is 1. The van der Waals surface area contributed by atoms with Gasteiger partial charge in [0.15, 0.2) is 0 Å². The van der Waals surface area contributed by atoms with Crippen LogP contribution in [0.25, 0.3) is 0 Å². The van der Waals surface area contributed by atoms with Gasteiger partial charge in [0.1, 0.15) is 0 Å². The maximum atomic E-state index is 11.0. The molecule has 0 N–H and O–H groups in total. The highest BCUT2D eigenvalue weighted by Crippen LogP contribution is 2.21. The SMILES string of the molecule is COC(=O)CC(C)SCc1csc(C)n1. The van der Waals surface area contributed by atoms with Crippen molar-refractivity contribution in [2.45, 2.75) is 31.3 Å². The van der Waals surface area contributed by atoms with Crippen LogP contribution in [0.4, 0.5) is 0 Å². The van der Waals surface area contributed by atoms with Crippen molar-refractivity contribution < 1.29 is 9.53 Å². The van der Waals surface area contributed by atoms with E-state index in [1.54, 1.807) is 23.1 Å². The maximum Gasteiger partial charge on any atom is 0.306 e. The summed E-state index contributed by atoms with van der Waals surface area (Å²) in [5.41, 5.74) is 1.10. The van der Waals surface area contributed by atoms with Crippen LogP contribution in [-0.2, 0) is 15.3 Å². The summed E-state index contributed by atoms with van der Waals surface area (Å²) in [4.78, 5) is 15.4. The van der Waals surface area contributed by atoms with Crippen molar-refractivity contribution in [1.82, 2.24) is 4.98 Å². The molecule has 0 saturated heterocycles. The molecule has 15 heavy (non-hydrogen) atoms. The fourth-order valence-electron chi connectivity index (χ4n) is 1.08. The summed E-state index contributed by atoms with van der Waals surface area (Å²) < 4.78 is 4.61. The predicted molar refractivity (Wildman–Crippen MR) is 64.2 cm³/mol. The van der Waals surface area contributed by atoms with Gasteiger partial charge in [-0.05, 0) is 6.92 Å². The van der Waals surface area contributed by atoms with Crippen molar-refractivity contribution >= 4 is 29.1 Å². The van der Waals surface area contributed by atoms with Crippen molar-refractivity contribution in [3.05, 3.63) is 16.1 Å². The number of hydrogen-bond donors (Lipinski definition) is 0. The molecular formula is C10H15NO2S2. The molecule has 0 aliphatic carbocycles. The lowest BCUT2D eigenvalue weighted by molar-refractivity contribution is -0.140. The van der Waals surface area contributed by atoms with E-state index in [9.17, 15) is 4.79 Å². The predicted octanol–water partition coefficient (Wildman–Crippen LogP) is 2.64. The Bertz CT molecular complexity index is 325. The second-order valence-corrected chi connectivity index (χ2v) is 5.75. The first-order valence-corrected chi connectivity index (χ1v) is 6.64. The number of carbonyl (C=O) groups is 1. The molecule has 0 aliphatic heterocycles. The van der Waals surface area contributed by atoms with Gasteiger partial charge in [0.05, 0.1) is 24.2 Å². The first-order valence-electron chi connectivity index (χ1n) is 4.71. The molecule has 1 aromatic rings. The number of aryl methyl sites for hydroxylation is 1. The fourth-order valence-corrected chi connectivity index (χ4v) is 2.65. The summed E-state index contributed by atoms with van der Waals surface area (Å²) >= 11 is 3.39. The lowest BCUT2D eigenvalue weighted by Gasteiger charge is -2.07. The van der Waals surface area contributed by atoms with Crippen LogP contribution in [0.3, 0.4) is 0 Å². The number of ether oxygens (including phenoxy) is 1. The highest BCUT2D eigenvalue weighted by molar-refractivity contribution is 7.99. The number of hydrogen-bond acceptors (Lipinski definition) is 5. The van der Waals surface area contributed by atoms with E-state index in [1.165, 1.54) is 7.11 Å². The second kappa shape index (κ2) is 6.12. The van der Waals surface area contributed by atoms with E-state index < -0.39 is 0 Å². The first kappa shape index (κ1) is 12.5. The van der Waals surface area contributed by atoms with E-state index in [0.29, 0.717) is 6.42 Å².